The molecule has 2 bridgehead atoms. The summed E-state index contributed by atoms with van der Waals surface area (Å²) in [6, 6.07) is 0.536. The van der Waals surface area contributed by atoms with Crippen molar-refractivity contribution in [1.82, 2.24) is 5.32 Å². The number of fused-ring (bicyclic) bond motifs is 5. The van der Waals surface area contributed by atoms with Crippen molar-refractivity contribution < 1.29 is 4.79 Å². The van der Waals surface area contributed by atoms with E-state index in [2.05, 4.69) is 5.32 Å². The van der Waals surface area contributed by atoms with Crippen LogP contribution in [0.4, 0.5) is 0 Å². The smallest absolute Gasteiger partial charge is 0.223 e. The van der Waals surface area contributed by atoms with Crippen LogP contribution in [0, 0.1) is 29.6 Å². The van der Waals surface area contributed by atoms with Crippen LogP contribution in [0.3, 0.4) is 0 Å². The molecule has 0 heterocycles. The molecule has 0 aliphatic heterocycles. The standard InChI is InChI=1S/C14H24N2O/c1-8(3-2-6-15)14(17)16-13-11-9-4-5-10(7-9)12(11)13/h8-13H,2-7,15H2,1H3,(H,16,17). The van der Waals surface area contributed by atoms with Crippen molar-refractivity contribution in [3.8, 4) is 0 Å². The number of amides is 1. The van der Waals surface area contributed by atoms with E-state index >= 15 is 0 Å². The number of carbonyl (C=O) groups is 1. The Labute approximate surface area is 104 Å². The van der Waals surface area contributed by atoms with Gasteiger partial charge in [-0.2, -0.15) is 0 Å². The van der Waals surface area contributed by atoms with Crippen molar-refractivity contribution in [1.29, 1.82) is 0 Å². The Morgan fingerprint density at radius 2 is 2.00 bits per heavy atom. The molecule has 3 rings (SSSR count). The van der Waals surface area contributed by atoms with Crippen molar-refractivity contribution in [2.45, 2.75) is 45.1 Å². The van der Waals surface area contributed by atoms with E-state index in [-0.39, 0.29) is 11.8 Å². The van der Waals surface area contributed by atoms with Gasteiger partial charge in [-0.15, -0.1) is 0 Å². The minimum Gasteiger partial charge on any atom is -0.353 e. The molecule has 0 aromatic carbocycles. The minimum absolute atomic E-state index is 0.137. The maximum atomic E-state index is 12.0. The number of hydrogen-bond donors (Lipinski definition) is 2. The molecule has 0 aromatic rings. The molecule has 3 aliphatic carbocycles. The zero-order valence-electron chi connectivity index (χ0n) is 10.7. The van der Waals surface area contributed by atoms with Crippen molar-refractivity contribution in [2.75, 3.05) is 6.54 Å². The van der Waals surface area contributed by atoms with E-state index in [0.717, 1.165) is 36.5 Å². The summed E-state index contributed by atoms with van der Waals surface area (Å²) in [7, 11) is 0. The molecule has 0 spiro atoms. The number of hydrogen-bond acceptors (Lipinski definition) is 2. The van der Waals surface area contributed by atoms with E-state index in [4.69, 9.17) is 5.73 Å². The largest absolute Gasteiger partial charge is 0.353 e. The molecule has 3 nitrogen and oxygen atoms in total. The molecule has 0 saturated heterocycles. The Hall–Kier alpha value is -0.570. The van der Waals surface area contributed by atoms with Crippen LogP contribution in [0.25, 0.3) is 0 Å². The maximum absolute atomic E-state index is 12.0. The van der Waals surface area contributed by atoms with Gasteiger partial charge in [-0.1, -0.05) is 6.92 Å². The molecule has 3 aliphatic rings. The van der Waals surface area contributed by atoms with Crippen LogP contribution in [0.2, 0.25) is 0 Å². The summed E-state index contributed by atoms with van der Waals surface area (Å²) in [5.74, 6) is 3.97. The van der Waals surface area contributed by atoms with Crippen molar-refractivity contribution in [2.24, 2.45) is 35.3 Å². The van der Waals surface area contributed by atoms with Gasteiger partial charge in [-0.05, 0) is 62.3 Å². The molecule has 0 aromatic heterocycles. The highest BCUT2D eigenvalue weighted by molar-refractivity contribution is 5.79. The van der Waals surface area contributed by atoms with E-state index in [1.165, 1.54) is 19.3 Å². The average Bonchev–Trinajstić information content (AvgIpc) is 2.75. The average molecular weight is 236 g/mol. The molecule has 3 fully saturated rings. The first kappa shape index (κ1) is 11.5. The summed E-state index contributed by atoms with van der Waals surface area (Å²) in [6.07, 6.45) is 6.17. The Kier molecular flexibility index (Phi) is 2.89. The van der Waals surface area contributed by atoms with Crippen molar-refractivity contribution >= 4 is 5.91 Å². The van der Waals surface area contributed by atoms with Gasteiger partial charge in [0.25, 0.3) is 0 Å². The van der Waals surface area contributed by atoms with Gasteiger partial charge >= 0.3 is 0 Å². The number of nitrogens with one attached hydrogen (secondary N) is 1. The lowest BCUT2D eigenvalue weighted by atomic mass is 10.0. The second-order valence-corrected chi connectivity index (χ2v) is 6.35. The lowest BCUT2D eigenvalue weighted by Gasteiger charge is -2.14. The topological polar surface area (TPSA) is 55.1 Å². The molecule has 3 N–H and O–H groups in total. The summed E-state index contributed by atoms with van der Waals surface area (Å²) < 4.78 is 0. The summed E-state index contributed by atoms with van der Waals surface area (Å²) >= 11 is 0. The molecule has 0 radical (unpaired) electrons. The van der Waals surface area contributed by atoms with Gasteiger partial charge in [0.15, 0.2) is 0 Å². The first-order valence-electron chi connectivity index (χ1n) is 7.22. The molecule has 3 saturated carbocycles. The SMILES string of the molecule is CC(CCCN)C(=O)NC1C2C3CCC(C3)C12. The monoisotopic (exact) mass is 236 g/mol. The van der Waals surface area contributed by atoms with E-state index in [1.807, 2.05) is 6.92 Å². The Balaban J connectivity index is 1.48. The number of carbonyl (C=O) groups excluding carboxylic acids is 1. The summed E-state index contributed by atoms with van der Waals surface area (Å²) in [5.41, 5.74) is 5.48. The van der Waals surface area contributed by atoms with Gasteiger partial charge in [-0.25, -0.2) is 0 Å². The van der Waals surface area contributed by atoms with Gasteiger partial charge in [-0.3, -0.25) is 4.79 Å². The van der Waals surface area contributed by atoms with Crippen LogP contribution in [-0.4, -0.2) is 18.5 Å². The highest BCUT2D eigenvalue weighted by Gasteiger charge is 2.65. The van der Waals surface area contributed by atoms with Crippen LogP contribution in [0.1, 0.15) is 39.0 Å². The molecular weight excluding hydrogens is 212 g/mol. The van der Waals surface area contributed by atoms with E-state index < -0.39 is 0 Å². The van der Waals surface area contributed by atoms with Crippen LogP contribution in [0.5, 0.6) is 0 Å². The van der Waals surface area contributed by atoms with Crippen LogP contribution in [-0.2, 0) is 4.79 Å². The summed E-state index contributed by atoms with van der Waals surface area (Å²) in [6.45, 7) is 2.72. The van der Waals surface area contributed by atoms with E-state index in [9.17, 15) is 4.79 Å². The fourth-order valence-corrected chi connectivity index (χ4v) is 4.38. The summed E-state index contributed by atoms with van der Waals surface area (Å²) in [5, 5.41) is 3.29. The number of nitrogens with two attached hydrogens (primary N) is 1. The highest BCUT2D eigenvalue weighted by atomic mass is 16.2. The molecule has 1 amide bonds. The van der Waals surface area contributed by atoms with Crippen molar-refractivity contribution in [3.05, 3.63) is 0 Å². The minimum atomic E-state index is 0.137. The molecule has 3 heteroatoms. The zero-order chi connectivity index (χ0) is 12.0. The Morgan fingerprint density at radius 3 is 2.59 bits per heavy atom. The third kappa shape index (κ3) is 1.88. The van der Waals surface area contributed by atoms with Crippen LogP contribution >= 0.6 is 0 Å². The second-order valence-electron chi connectivity index (χ2n) is 6.35. The van der Waals surface area contributed by atoms with Crippen LogP contribution < -0.4 is 11.1 Å². The molecule has 5 atom stereocenters. The molecule has 5 unspecified atom stereocenters. The predicted molar refractivity (Wildman–Crippen MR) is 67.2 cm³/mol. The molecular formula is C14H24N2O. The second kappa shape index (κ2) is 4.27. The van der Waals surface area contributed by atoms with Crippen molar-refractivity contribution in [3.63, 3.8) is 0 Å². The lowest BCUT2D eigenvalue weighted by molar-refractivity contribution is -0.125. The molecule has 17 heavy (non-hydrogen) atoms. The quantitative estimate of drug-likeness (QED) is 0.760. The first-order valence-corrected chi connectivity index (χ1v) is 7.22. The predicted octanol–water partition coefficient (Wildman–Crippen LogP) is 1.52. The highest BCUT2D eigenvalue weighted by Crippen LogP contribution is 2.65. The normalized spacial score (nSPS) is 43.3. The van der Waals surface area contributed by atoms with Gasteiger partial charge in [0.2, 0.25) is 5.91 Å². The van der Waals surface area contributed by atoms with E-state index in [1.54, 1.807) is 0 Å². The zero-order valence-corrected chi connectivity index (χ0v) is 10.7. The fourth-order valence-electron chi connectivity index (χ4n) is 4.38. The number of rotatable bonds is 5. The first-order chi connectivity index (χ1) is 8.22. The Bertz CT molecular complexity index is 301. The third-order valence-corrected chi connectivity index (χ3v) is 5.33. The lowest BCUT2D eigenvalue weighted by Crippen LogP contribution is -2.34. The third-order valence-electron chi connectivity index (χ3n) is 5.33. The van der Waals surface area contributed by atoms with Crippen LogP contribution in [0.15, 0.2) is 0 Å². The van der Waals surface area contributed by atoms with Gasteiger partial charge in [0.1, 0.15) is 0 Å². The maximum Gasteiger partial charge on any atom is 0.223 e. The van der Waals surface area contributed by atoms with Gasteiger partial charge in [0.05, 0.1) is 0 Å². The summed E-state index contributed by atoms with van der Waals surface area (Å²) in [4.78, 5) is 12.0. The van der Waals surface area contributed by atoms with Gasteiger partial charge < -0.3 is 11.1 Å². The van der Waals surface area contributed by atoms with E-state index in [0.29, 0.717) is 12.6 Å². The molecule has 96 valence electrons. The van der Waals surface area contributed by atoms with Gasteiger partial charge in [0, 0.05) is 12.0 Å². The Morgan fingerprint density at radius 1 is 1.35 bits per heavy atom. The fraction of sp³-hybridized carbons (Fsp3) is 0.929.